The monoisotopic (exact) mass is 518 g/mol. The molecular formula is C32H54O5. The maximum absolute atomic E-state index is 10.3. The average molecular weight is 519 g/mol. The van der Waals surface area contributed by atoms with Gasteiger partial charge in [0, 0.05) is 0 Å². The fourth-order valence-corrected chi connectivity index (χ4v) is 10.2. The molecular weight excluding hydrogens is 464 g/mol. The molecule has 0 aromatic rings. The van der Waals surface area contributed by atoms with Crippen molar-refractivity contribution < 1.29 is 25.2 Å². The van der Waals surface area contributed by atoms with E-state index in [1.165, 1.54) is 51.4 Å². The van der Waals surface area contributed by atoms with Crippen LogP contribution in [0, 0.1) is 46.3 Å². The van der Waals surface area contributed by atoms with Crippen LogP contribution >= 0.6 is 0 Å². The van der Waals surface area contributed by atoms with Crippen LogP contribution in [0.15, 0.2) is 11.6 Å². The molecule has 4 N–H and O–H groups in total. The third-order valence-electron chi connectivity index (χ3n) is 12.4. The Morgan fingerprint density at radius 3 is 2.51 bits per heavy atom. The predicted octanol–water partition coefficient (Wildman–Crippen LogP) is 5.24. The number of fused-ring (bicyclic) bond motifs is 5. The van der Waals surface area contributed by atoms with E-state index in [1.807, 2.05) is 0 Å². The topological polar surface area (TPSA) is 90.2 Å². The van der Waals surface area contributed by atoms with E-state index in [-0.39, 0.29) is 18.8 Å². The molecule has 4 aliphatic carbocycles. The van der Waals surface area contributed by atoms with Gasteiger partial charge in [-0.25, -0.2) is 0 Å². The molecule has 1 heterocycles. The Balaban J connectivity index is 1.14. The van der Waals surface area contributed by atoms with Gasteiger partial charge in [-0.2, -0.15) is 0 Å². The van der Waals surface area contributed by atoms with Crippen LogP contribution in [0.1, 0.15) is 105 Å². The lowest BCUT2D eigenvalue weighted by Crippen LogP contribution is -2.53. The lowest BCUT2D eigenvalue weighted by Gasteiger charge is -2.58. The van der Waals surface area contributed by atoms with Crippen LogP contribution in [0.4, 0.5) is 0 Å². The minimum Gasteiger partial charge on any atom is -0.393 e. The van der Waals surface area contributed by atoms with E-state index in [0.717, 1.165) is 55.3 Å². The van der Waals surface area contributed by atoms with Crippen molar-refractivity contribution >= 4 is 0 Å². The molecule has 3 saturated carbocycles. The summed E-state index contributed by atoms with van der Waals surface area (Å²) in [4.78, 5) is 0. The van der Waals surface area contributed by atoms with Gasteiger partial charge in [-0.15, -0.1) is 0 Å². The normalized spacial score (nSPS) is 49.4. The van der Waals surface area contributed by atoms with Crippen LogP contribution in [0.25, 0.3) is 0 Å². The highest BCUT2D eigenvalue weighted by atomic mass is 16.5. The highest BCUT2D eigenvalue weighted by molar-refractivity contribution is 5.25. The second-order valence-corrected chi connectivity index (χ2v) is 14.6. The molecule has 13 atom stereocenters. The standard InChI is InChI=1S/C32H54O5/c1-19(16-28-30(36)29(35)27(34)18-37-28)6-5-7-20(2)24-10-11-25-23-9-8-21-17-22(33)12-14-31(21,3)26(23)13-15-32(24,25)4/h8,19-20,22-30,33-36H,5-7,9-18H2,1-4H3/t19?,20-,22+,23+,24-,25+,26+,27-,28?,29+,30+,31+,32-/m1/s1. The van der Waals surface area contributed by atoms with E-state index in [4.69, 9.17) is 4.74 Å². The highest BCUT2D eigenvalue weighted by Crippen LogP contribution is 2.67. The second-order valence-electron chi connectivity index (χ2n) is 14.6. The van der Waals surface area contributed by atoms with Crippen LogP contribution in [0.2, 0.25) is 0 Å². The molecule has 4 fully saturated rings. The van der Waals surface area contributed by atoms with E-state index in [9.17, 15) is 20.4 Å². The molecule has 0 radical (unpaired) electrons. The molecule has 2 unspecified atom stereocenters. The van der Waals surface area contributed by atoms with Crippen molar-refractivity contribution in [1.29, 1.82) is 0 Å². The molecule has 0 aromatic carbocycles. The minimum absolute atomic E-state index is 0.105. The van der Waals surface area contributed by atoms with E-state index in [2.05, 4.69) is 33.8 Å². The molecule has 0 bridgehead atoms. The molecule has 1 aliphatic heterocycles. The summed E-state index contributed by atoms with van der Waals surface area (Å²) in [5.74, 6) is 4.48. The molecule has 0 amide bonds. The molecule has 0 aromatic heterocycles. The number of aliphatic hydroxyl groups excluding tert-OH is 4. The molecule has 5 rings (SSSR count). The van der Waals surface area contributed by atoms with E-state index in [1.54, 1.807) is 5.57 Å². The quantitative estimate of drug-likeness (QED) is 0.346. The zero-order valence-corrected chi connectivity index (χ0v) is 23.8. The summed E-state index contributed by atoms with van der Waals surface area (Å²) < 4.78 is 5.64. The van der Waals surface area contributed by atoms with Gasteiger partial charge in [-0.05, 0) is 104 Å². The fraction of sp³-hybridized carbons (Fsp3) is 0.938. The van der Waals surface area contributed by atoms with Crippen molar-refractivity contribution in [3.8, 4) is 0 Å². The highest BCUT2D eigenvalue weighted by Gasteiger charge is 2.59. The number of aliphatic hydroxyl groups is 4. The zero-order valence-electron chi connectivity index (χ0n) is 23.8. The molecule has 37 heavy (non-hydrogen) atoms. The van der Waals surface area contributed by atoms with Gasteiger partial charge in [-0.1, -0.05) is 58.6 Å². The fourth-order valence-electron chi connectivity index (χ4n) is 10.2. The Kier molecular flexibility index (Phi) is 8.23. The average Bonchev–Trinajstić information content (AvgIpc) is 3.22. The van der Waals surface area contributed by atoms with Crippen LogP contribution < -0.4 is 0 Å². The third-order valence-corrected chi connectivity index (χ3v) is 12.4. The maximum Gasteiger partial charge on any atom is 0.111 e. The number of hydrogen-bond donors (Lipinski definition) is 4. The molecule has 0 spiro atoms. The minimum atomic E-state index is -1.10. The first-order chi connectivity index (χ1) is 17.5. The smallest absolute Gasteiger partial charge is 0.111 e. The largest absolute Gasteiger partial charge is 0.393 e. The van der Waals surface area contributed by atoms with Gasteiger partial charge in [0.1, 0.15) is 18.3 Å². The number of hydrogen-bond acceptors (Lipinski definition) is 5. The Morgan fingerprint density at radius 1 is 0.946 bits per heavy atom. The SMILES string of the molecule is CC(CCC[C@@H](C)[C@H]1CC[C@H]2[C@@H]3CC=C4C[C@@H](O)CC[C@]4(C)[C@H]3CC[C@]12C)CC1OC[C@@H](O)[C@H](O)[C@H]1O. The van der Waals surface area contributed by atoms with Crippen molar-refractivity contribution in [2.24, 2.45) is 46.3 Å². The Bertz CT molecular complexity index is 828. The Labute approximate surface area is 225 Å². The van der Waals surface area contributed by atoms with Gasteiger partial charge in [0.15, 0.2) is 0 Å². The van der Waals surface area contributed by atoms with Crippen LogP contribution in [-0.4, -0.2) is 57.6 Å². The molecule has 1 saturated heterocycles. The van der Waals surface area contributed by atoms with Gasteiger partial charge in [0.2, 0.25) is 0 Å². The first-order valence-electron chi connectivity index (χ1n) is 15.6. The summed E-state index contributed by atoms with van der Waals surface area (Å²) in [5.41, 5.74) is 2.37. The molecule has 5 nitrogen and oxygen atoms in total. The van der Waals surface area contributed by atoms with Gasteiger partial charge in [0.25, 0.3) is 0 Å². The van der Waals surface area contributed by atoms with Crippen molar-refractivity contribution in [3.05, 3.63) is 11.6 Å². The lowest BCUT2D eigenvalue weighted by molar-refractivity contribution is -0.190. The van der Waals surface area contributed by atoms with Gasteiger partial charge in [0.05, 0.1) is 18.8 Å². The summed E-state index contributed by atoms with van der Waals surface area (Å²) in [7, 11) is 0. The first-order valence-corrected chi connectivity index (χ1v) is 15.6. The summed E-state index contributed by atoms with van der Waals surface area (Å²) in [6, 6.07) is 0. The maximum atomic E-state index is 10.3. The summed E-state index contributed by atoms with van der Waals surface area (Å²) >= 11 is 0. The van der Waals surface area contributed by atoms with Gasteiger partial charge < -0.3 is 25.2 Å². The summed E-state index contributed by atoms with van der Waals surface area (Å²) in [6.45, 7) is 10.00. The van der Waals surface area contributed by atoms with Gasteiger partial charge in [-0.3, -0.25) is 0 Å². The van der Waals surface area contributed by atoms with E-state index >= 15 is 0 Å². The van der Waals surface area contributed by atoms with Crippen molar-refractivity contribution in [3.63, 3.8) is 0 Å². The second kappa shape index (κ2) is 10.8. The third kappa shape index (κ3) is 5.10. The molecule has 212 valence electrons. The number of ether oxygens (including phenoxy) is 1. The van der Waals surface area contributed by atoms with Crippen LogP contribution in [-0.2, 0) is 4.74 Å². The van der Waals surface area contributed by atoms with Gasteiger partial charge >= 0.3 is 0 Å². The molecule has 5 heteroatoms. The predicted molar refractivity (Wildman–Crippen MR) is 146 cm³/mol. The molecule has 5 aliphatic rings. The first kappa shape index (κ1) is 28.1. The summed E-state index contributed by atoms with van der Waals surface area (Å²) in [5, 5.41) is 40.2. The van der Waals surface area contributed by atoms with Crippen molar-refractivity contribution in [2.45, 2.75) is 135 Å². The van der Waals surface area contributed by atoms with Crippen molar-refractivity contribution in [2.75, 3.05) is 6.61 Å². The van der Waals surface area contributed by atoms with Crippen LogP contribution in [0.3, 0.4) is 0 Å². The van der Waals surface area contributed by atoms with Crippen molar-refractivity contribution in [1.82, 2.24) is 0 Å². The number of allylic oxidation sites excluding steroid dienone is 1. The Hall–Kier alpha value is -0.460. The van der Waals surface area contributed by atoms with E-state index in [0.29, 0.717) is 16.7 Å². The van der Waals surface area contributed by atoms with Crippen LogP contribution in [0.5, 0.6) is 0 Å². The zero-order chi connectivity index (χ0) is 26.5. The van der Waals surface area contributed by atoms with E-state index < -0.39 is 18.3 Å². The number of rotatable bonds is 7. The summed E-state index contributed by atoms with van der Waals surface area (Å²) in [6.07, 6.45) is 13.1. The lowest BCUT2D eigenvalue weighted by atomic mass is 9.47. The Morgan fingerprint density at radius 2 is 1.73 bits per heavy atom.